The van der Waals surface area contributed by atoms with Crippen molar-refractivity contribution < 1.29 is 4.74 Å². The van der Waals surface area contributed by atoms with Crippen molar-refractivity contribution in [3.63, 3.8) is 0 Å². The van der Waals surface area contributed by atoms with Gasteiger partial charge < -0.3 is 4.74 Å². The molecule has 1 atom stereocenters. The van der Waals surface area contributed by atoms with Crippen molar-refractivity contribution in [2.45, 2.75) is 11.2 Å². The van der Waals surface area contributed by atoms with Gasteiger partial charge in [-0.3, -0.25) is 0 Å². The molecule has 0 saturated heterocycles. The molecule has 1 rings (SSSR count). The van der Waals surface area contributed by atoms with E-state index in [1.54, 1.807) is 0 Å². The van der Waals surface area contributed by atoms with Gasteiger partial charge in [-0.25, -0.2) is 0 Å². The van der Waals surface area contributed by atoms with E-state index in [2.05, 4.69) is 118 Å². The number of hydrogen-bond donors (Lipinski definition) is 0. The second-order valence-corrected chi connectivity index (χ2v) is 10.2. The lowest BCUT2D eigenvalue weighted by molar-refractivity contribution is 0.289. The van der Waals surface area contributed by atoms with Crippen LogP contribution in [0.3, 0.4) is 0 Å². The molecule has 0 saturated carbocycles. The topological polar surface area (TPSA) is 9.23 Å². The Morgan fingerprint density at radius 2 is 1.28 bits per heavy atom. The maximum Gasteiger partial charge on any atom is 0.150 e. The van der Waals surface area contributed by atoms with Crippen molar-refractivity contribution in [2.24, 2.45) is 0 Å². The molecule has 1 nitrogen and oxygen atoms in total. The molecule has 0 aliphatic rings. The molecule has 0 amide bonds. The van der Waals surface area contributed by atoms with Gasteiger partial charge in [0.05, 0.1) is 22.2 Å². The van der Waals surface area contributed by atoms with Crippen molar-refractivity contribution in [2.75, 3.05) is 11.9 Å². The van der Waals surface area contributed by atoms with Gasteiger partial charge in [-0.1, -0.05) is 31.9 Å². The zero-order valence-corrected chi connectivity index (χ0v) is 20.1. The lowest BCUT2D eigenvalue weighted by atomic mass is 10.2. The van der Waals surface area contributed by atoms with E-state index in [9.17, 15) is 0 Å². The maximum atomic E-state index is 5.89. The number of ether oxygens (including phenoxy) is 1. The van der Waals surface area contributed by atoms with Gasteiger partial charge in [0, 0.05) is 9.80 Å². The normalized spacial score (nSPS) is 14.4. The molecule has 0 fully saturated rings. The Labute approximate surface area is 165 Å². The molecule has 8 heteroatoms. The van der Waals surface area contributed by atoms with E-state index in [0.29, 0.717) is 6.61 Å². The van der Waals surface area contributed by atoms with Crippen molar-refractivity contribution >= 4 is 112 Å². The van der Waals surface area contributed by atoms with E-state index in [1.807, 2.05) is 0 Å². The van der Waals surface area contributed by atoms with Crippen LogP contribution in [0, 0.1) is 0 Å². The molecule has 0 aromatic heterocycles. The molecule has 0 heterocycles. The summed E-state index contributed by atoms with van der Waals surface area (Å²) in [6.07, 6.45) is 0. The minimum Gasteiger partial charge on any atom is -0.490 e. The summed E-state index contributed by atoms with van der Waals surface area (Å²) in [5, 5.41) is 0.800. The highest BCUT2D eigenvalue weighted by molar-refractivity contribution is 9.16. The zero-order chi connectivity index (χ0) is 14.1. The second-order valence-electron chi connectivity index (χ2n) is 3.73. The van der Waals surface area contributed by atoms with Gasteiger partial charge in [-0.2, -0.15) is 0 Å². The molecule has 0 bridgehead atoms. The minimum absolute atomic E-state index is 0.113. The first-order valence-electron chi connectivity index (χ1n) is 4.60. The van der Waals surface area contributed by atoms with Gasteiger partial charge in [-0.15, -0.1) is 0 Å². The summed E-state index contributed by atoms with van der Waals surface area (Å²) in [5.74, 6) is 0.753. The number of rotatable bonds is 4. The van der Waals surface area contributed by atoms with E-state index < -0.39 is 0 Å². The highest BCUT2D eigenvalue weighted by Gasteiger charge is 2.23. The zero-order valence-electron chi connectivity index (χ0n) is 8.97. The number of halogens is 7. The third kappa shape index (κ3) is 4.44. The van der Waals surface area contributed by atoms with Crippen LogP contribution in [0.15, 0.2) is 22.4 Å². The maximum absolute atomic E-state index is 5.89. The molecule has 1 aromatic carbocycles. The Morgan fingerprint density at radius 3 is 1.67 bits per heavy atom. The smallest absolute Gasteiger partial charge is 0.150 e. The van der Waals surface area contributed by atoms with Gasteiger partial charge >= 0.3 is 0 Å². The van der Waals surface area contributed by atoms with Gasteiger partial charge in [0.15, 0.2) is 0 Å². The van der Waals surface area contributed by atoms with E-state index in [0.717, 1.165) is 33.4 Å². The molecule has 0 aliphatic heterocycles. The van der Waals surface area contributed by atoms with Crippen LogP contribution in [-0.2, 0) is 0 Å². The van der Waals surface area contributed by atoms with E-state index in [4.69, 9.17) is 4.74 Å². The van der Waals surface area contributed by atoms with Crippen molar-refractivity contribution in [1.29, 1.82) is 0 Å². The summed E-state index contributed by atoms with van der Waals surface area (Å²) >= 11 is 24.6. The fourth-order valence-electron chi connectivity index (χ4n) is 0.973. The van der Waals surface area contributed by atoms with Crippen LogP contribution >= 0.6 is 112 Å². The standard InChI is InChI=1S/C10H7Br7O/c1-10(17,2-11)3-18-9-7(15)5(13)4(12)6(14)8(9)16/h2-3H2,1H3. The van der Waals surface area contributed by atoms with Crippen LogP contribution in [-0.4, -0.2) is 16.3 Å². The molecule has 1 aromatic rings. The molecule has 1 unspecified atom stereocenters. The quantitative estimate of drug-likeness (QED) is 0.180. The van der Waals surface area contributed by atoms with E-state index >= 15 is 0 Å². The Balaban J connectivity index is 3.11. The van der Waals surface area contributed by atoms with Gasteiger partial charge in [0.1, 0.15) is 12.4 Å². The SMILES string of the molecule is CC(Br)(CBr)COc1c(Br)c(Br)c(Br)c(Br)c1Br. The van der Waals surface area contributed by atoms with Crippen LogP contribution in [0.1, 0.15) is 6.92 Å². The highest BCUT2D eigenvalue weighted by atomic mass is 79.9. The van der Waals surface area contributed by atoms with E-state index in [1.165, 1.54) is 0 Å². The average Bonchev–Trinajstić information content (AvgIpc) is 2.34. The van der Waals surface area contributed by atoms with Crippen molar-refractivity contribution in [1.82, 2.24) is 0 Å². The first kappa shape index (κ1) is 18.4. The number of alkyl halides is 2. The molecule has 0 radical (unpaired) electrons. The summed E-state index contributed by atoms with van der Waals surface area (Å²) < 4.78 is 10.2. The van der Waals surface area contributed by atoms with Gasteiger partial charge in [0.25, 0.3) is 0 Å². The predicted octanol–water partition coefficient (Wildman–Crippen LogP) is 7.43. The molecule has 0 aliphatic carbocycles. The number of benzene rings is 1. The third-order valence-electron chi connectivity index (χ3n) is 1.97. The monoisotopic (exact) mass is 695 g/mol. The minimum atomic E-state index is -0.113. The summed E-state index contributed by atoms with van der Waals surface area (Å²) in [7, 11) is 0. The predicted molar refractivity (Wildman–Crippen MR) is 102 cm³/mol. The Hall–Kier alpha value is 2.38. The largest absolute Gasteiger partial charge is 0.490 e. The van der Waals surface area contributed by atoms with Crippen molar-refractivity contribution in [3.05, 3.63) is 22.4 Å². The first-order chi connectivity index (χ1) is 8.21. The first-order valence-corrected chi connectivity index (χ1v) is 10.5. The lowest BCUT2D eigenvalue weighted by Crippen LogP contribution is -2.27. The Kier molecular flexibility index (Phi) is 7.77. The molecular weight excluding hydrogens is 695 g/mol. The number of hydrogen-bond acceptors (Lipinski definition) is 1. The highest BCUT2D eigenvalue weighted by Crippen LogP contribution is 2.48. The Bertz CT molecular complexity index is 429. The van der Waals surface area contributed by atoms with Crippen LogP contribution in [0.5, 0.6) is 5.75 Å². The third-order valence-corrected chi connectivity index (χ3v) is 10.5. The van der Waals surface area contributed by atoms with Crippen LogP contribution in [0.4, 0.5) is 0 Å². The molecule has 18 heavy (non-hydrogen) atoms. The fourth-order valence-corrected chi connectivity index (χ4v) is 4.49. The molecule has 102 valence electrons. The molecule has 0 N–H and O–H groups in total. The van der Waals surface area contributed by atoms with Gasteiger partial charge in [0.2, 0.25) is 0 Å². The fraction of sp³-hybridized carbons (Fsp3) is 0.400. The lowest BCUT2D eigenvalue weighted by Gasteiger charge is -2.22. The molecular formula is C10H7Br7O. The van der Waals surface area contributed by atoms with Crippen LogP contribution < -0.4 is 4.74 Å². The molecule has 0 spiro atoms. The second kappa shape index (κ2) is 7.58. The summed E-state index contributed by atoms with van der Waals surface area (Å²) in [5.41, 5.74) is 0. The Morgan fingerprint density at radius 1 is 0.889 bits per heavy atom. The van der Waals surface area contributed by atoms with Crippen LogP contribution in [0.2, 0.25) is 0 Å². The summed E-state index contributed by atoms with van der Waals surface area (Å²) in [4.78, 5) is 0. The van der Waals surface area contributed by atoms with Gasteiger partial charge in [-0.05, 0) is 86.6 Å². The van der Waals surface area contributed by atoms with Crippen LogP contribution in [0.25, 0.3) is 0 Å². The summed E-state index contributed by atoms with van der Waals surface area (Å²) in [6.45, 7) is 2.60. The van der Waals surface area contributed by atoms with Crippen molar-refractivity contribution in [3.8, 4) is 5.75 Å². The summed E-state index contributed by atoms with van der Waals surface area (Å²) in [6, 6.07) is 0. The van der Waals surface area contributed by atoms with E-state index in [-0.39, 0.29) is 4.32 Å². The average molecular weight is 702 g/mol.